The summed E-state index contributed by atoms with van der Waals surface area (Å²) in [5, 5.41) is 7.57. The van der Waals surface area contributed by atoms with Gasteiger partial charge in [0, 0.05) is 23.7 Å². The van der Waals surface area contributed by atoms with Gasteiger partial charge in [0.25, 0.3) is 0 Å². The van der Waals surface area contributed by atoms with Crippen LogP contribution in [0.2, 0.25) is 0 Å². The van der Waals surface area contributed by atoms with Gasteiger partial charge in [-0.15, -0.1) is 0 Å². The van der Waals surface area contributed by atoms with Gasteiger partial charge < -0.3 is 35.4 Å². The van der Waals surface area contributed by atoms with Gasteiger partial charge in [0.1, 0.15) is 0 Å². The van der Waals surface area contributed by atoms with Crippen LogP contribution in [-0.4, -0.2) is 11.7 Å². The van der Waals surface area contributed by atoms with Crippen LogP contribution in [0.4, 0.5) is 0 Å². The molecule has 0 amide bonds. The minimum Gasteiger partial charge on any atom is -0.748 e. The first-order chi connectivity index (χ1) is 10.3. The molecule has 132 valence electrons. The van der Waals surface area contributed by atoms with E-state index in [9.17, 15) is 0 Å². The average Bonchev–Trinajstić information content (AvgIpc) is 3.18. The molecule has 1 N–H and O–H groups in total. The Kier molecular flexibility index (Phi) is 21.5. The Labute approximate surface area is 148 Å². The zero-order chi connectivity index (χ0) is 15.6. The SMILES string of the molecule is CCCCCCCC[c-]1cccc1.CCO.[Fe].[cH-]1[cH-][cH-][cH-][cH-]1. The van der Waals surface area contributed by atoms with Crippen LogP contribution >= 0.6 is 0 Å². The summed E-state index contributed by atoms with van der Waals surface area (Å²) in [5.41, 5.74) is 1.51. The molecular weight excluding hydrogens is 312 g/mol. The van der Waals surface area contributed by atoms with Gasteiger partial charge in [-0.25, -0.2) is 12.1 Å². The van der Waals surface area contributed by atoms with Crippen molar-refractivity contribution in [3.05, 3.63) is 60.2 Å². The second-order valence-corrected chi connectivity index (χ2v) is 5.09. The number of hydrogen-bond donors (Lipinski definition) is 1. The van der Waals surface area contributed by atoms with E-state index in [0.717, 1.165) is 0 Å². The fourth-order valence-electron chi connectivity index (χ4n) is 2.01. The molecule has 0 saturated carbocycles. The van der Waals surface area contributed by atoms with Crippen LogP contribution in [0, 0.1) is 0 Å². The molecule has 22 heavy (non-hydrogen) atoms. The van der Waals surface area contributed by atoms with Crippen LogP contribution in [0.15, 0.2) is 54.6 Å². The minimum absolute atomic E-state index is 0. The van der Waals surface area contributed by atoms with E-state index >= 15 is 0 Å². The van der Waals surface area contributed by atoms with E-state index in [1.165, 1.54) is 50.5 Å². The Balaban J connectivity index is 0. The molecule has 2 aromatic carbocycles. The molecule has 0 saturated heterocycles. The summed E-state index contributed by atoms with van der Waals surface area (Å²) >= 11 is 0. The summed E-state index contributed by atoms with van der Waals surface area (Å²) in [6.45, 7) is 4.20. The van der Waals surface area contributed by atoms with Crippen molar-refractivity contribution < 1.29 is 22.2 Å². The van der Waals surface area contributed by atoms with Crippen molar-refractivity contribution in [1.82, 2.24) is 0 Å². The van der Waals surface area contributed by atoms with Crippen LogP contribution in [0.1, 0.15) is 57.9 Å². The van der Waals surface area contributed by atoms with Crippen LogP contribution in [0.5, 0.6) is 0 Å². The van der Waals surface area contributed by atoms with Crippen molar-refractivity contribution in [2.45, 2.75) is 58.8 Å². The Bertz CT molecular complexity index is 334. The summed E-state index contributed by atoms with van der Waals surface area (Å²) in [6, 6.07) is 18.7. The van der Waals surface area contributed by atoms with Crippen molar-refractivity contribution in [1.29, 1.82) is 0 Å². The predicted molar refractivity (Wildman–Crippen MR) is 93.9 cm³/mol. The van der Waals surface area contributed by atoms with Crippen molar-refractivity contribution in [3.63, 3.8) is 0 Å². The fourth-order valence-corrected chi connectivity index (χ4v) is 2.01. The maximum absolute atomic E-state index is 7.57. The molecule has 0 aliphatic heterocycles. The van der Waals surface area contributed by atoms with Crippen molar-refractivity contribution in [3.8, 4) is 0 Å². The van der Waals surface area contributed by atoms with Gasteiger partial charge in [-0.2, -0.15) is 17.7 Å². The van der Waals surface area contributed by atoms with Gasteiger partial charge in [0.05, 0.1) is 0 Å². The number of unbranched alkanes of at least 4 members (excludes halogenated alkanes) is 5. The molecule has 2 heteroatoms. The van der Waals surface area contributed by atoms with E-state index in [1.54, 1.807) is 6.92 Å². The molecule has 0 spiro atoms. The van der Waals surface area contributed by atoms with Gasteiger partial charge in [-0.1, -0.05) is 51.9 Å². The number of hydrogen-bond acceptors (Lipinski definition) is 1. The Morgan fingerprint density at radius 2 is 1.18 bits per heavy atom. The van der Waals surface area contributed by atoms with E-state index in [4.69, 9.17) is 5.11 Å². The van der Waals surface area contributed by atoms with Gasteiger partial charge in [-0.3, -0.25) is 0 Å². The van der Waals surface area contributed by atoms with Crippen molar-refractivity contribution in [2.24, 2.45) is 0 Å². The smallest absolute Gasteiger partial charge is 0.0402 e. The van der Waals surface area contributed by atoms with Crippen LogP contribution in [0.25, 0.3) is 0 Å². The number of aliphatic hydroxyl groups excluding tert-OH is 1. The molecule has 0 fully saturated rings. The molecule has 0 unspecified atom stereocenters. The number of rotatable bonds is 7. The van der Waals surface area contributed by atoms with Crippen molar-refractivity contribution >= 4 is 0 Å². The molecule has 2 rings (SSSR count). The maximum Gasteiger partial charge on any atom is 0.0402 e. The van der Waals surface area contributed by atoms with Gasteiger partial charge in [0.2, 0.25) is 0 Å². The van der Waals surface area contributed by atoms with Gasteiger partial charge in [-0.05, 0) is 6.92 Å². The van der Waals surface area contributed by atoms with Gasteiger partial charge >= 0.3 is 0 Å². The molecule has 2 aromatic rings. The first-order valence-electron chi connectivity index (χ1n) is 8.33. The third-order valence-electron chi connectivity index (χ3n) is 3.11. The largest absolute Gasteiger partial charge is 0.748 e. The summed E-state index contributed by atoms with van der Waals surface area (Å²) in [7, 11) is 0. The van der Waals surface area contributed by atoms with Crippen LogP contribution in [-0.2, 0) is 23.5 Å². The van der Waals surface area contributed by atoms with E-state index in [1.807, 2.05) is 30.3 Å². The Morgan fingerprint density at radius 3 is 1.64 bits per heavy atom. The number of aryl methyl sites for hydroxylation is 1. The van der Waals surface area contributed by atoms with Crippen LogP contribution in [0.3, 0.4) is 0 Å². The standard InChI is InChI=1S/C13H21.C5H5.C2H6O.Fe/c1-2-3-4-5-6-7-10-13-11-8-9-12-13;1-2-4-5-3-1;1-2-3;/h8-9,11-12H,2-7,10H2,1H3;1-5H;3H,2H2,1H3;/q-1;-5;;. The summed E-state index contributed by atoms with van der Waals surface area (Å²) in [5.74, 6) is 0. The minimum atomic E-state index is 0. The second kappa shape index (κ2) is 20.2. The normalized spacial score (nSPS) is 8.86. The molecule has 0 radical (unpaired) electrons. The third kappa shape index (κ3) is 17.2. The summed E-state index contributed by atoms with van der Waals surface area (Å²) < 4.78 is 0. The summed E-state index contributed by atoms with van der Waals surface area (Å²) in [6.07, 6.45) is 9.67. The molecule has 0 heterocycles. The first-order valence-corrected chi connectivity index (χ1v) is 8.33. The second-order valence-electron chi connectivity index (χ2n) is 5.09. The quantitative estimate of drug-likeness (QED) is 0.387. The molecule has 0 aliphatic rings. The Hall–Kier alpha value is -0.821. The average molecular weight is 344 g/mol. The molecular formula is C20H32FeO-6. The third-order valence-corrected chi connectivity index (χ3v) is 3.11. The molecule has 0 bridgehead atoms. The van der Waals surface area contributed by atoms with E-state index in [-0.39, 0.29) is 23.7 Å². The molecule has 0 aliphatic carbocycles. The van der Waals surface area contributed by atoms with E-state index in [2.05, 4.69) is 31.2 Å². The Morgan fingerprint density at radius 1 is 0.773 bits per heavy atom. The monoisotopic (exact) mass is 344 g/mol. The van der Waals surface area contributed by atoms with E-state index in [0.29, 0.717) is 0 Å². The zero-order valence-corrected chi connectivity index (χ0v) is 15.3. The first kappa shape index (κ1) is 23.4. The maximum atomic E-state index is 7.57. The van der Waals surface area contributed by atoms with E-state index < -0.39 is 0 Å². The topological polar surface area (TPSA) is 20.2 Å². The van der Waals surface area contributed by atoms with Crippen molar-refractivity contribution in [2.75, 3.05) is 6.61 Å². The zero-order valence-electron chi connectivity index (χ0n) is 14.2. The molecule has 0 aromatic heterocycles. The number of aliphatic hydroxyl groups is 1. The predicted octanol–water partition coefficient (Wildman–Crippen LogP) is 5.71. The summed E-state index contributed by atoms with van der Waals surface area (Å²) in [4.78, 5) is 0. The van der Waals surface area contributed by atoms with Crippen LogP contribution < -0.4 is 0 Å². The molecule has 0 atom stereocenters. The van der Waals surface area contributed by atoms with Gasteiger partial charge in [0.15, 0.2) is 0 Å². The fraction of sp³-hybridized carbons (Fsp3) is 0.500. The molecule has 1 nitrogen and oxygen atoms in total.